The zero-order valence-corrected chi connectivity index (χ0v) is 15.2. The van der Waals surface area contributed by atoms with Gasteiger partial charge in [-0.3, -0.25) is 25.1 Å². The summed E-state index contributed by atoms with van der Waals surface area (Å²) in [7, 11) is 0. The van der Waals surface area contributed by atoms with Crippen molar-refractivity contribution in [1.82, 2.24) is 0 Å². The molecular formula is C20H13N3O4S. The Hall–Kier alpha value is -3.65. The maximum absolute atomic E-state index is 12.9. The fourth-order valence-corrected chi connectivity index (χ4v) is 3.81. The van der Waals surface area contributed by atoms with Gasteiger partial charge in [-0.05, 0) is 23.6 Å². The lowest BCUT2D eigenvalue weighted by atomic mass is 9.96. The lowest BCUT2D eigenvalue weighted by molar-refractivity contribution is -0.384. The van der Waals surface area contributed by atoms with Gasteiger partial charge < -0.3 is 0 Å². The van der Waals surface area contributed by atoms with Crippen molar-refractivity contribution >= 4 is 40.0 Å². The molecule has 0 amide bonds. The summed E-state index contributed by atoms with van der Waals surface area (Å²) in [5.41, 5.74) is 4.42. The number of nitrogens with one attached hydrogen (secondary N) is 1. The molecule has 2 aromatic carbocycles. The minimum Gasteiger partial charge on any atom is -0.293 e. The van der Waals surface area contributed by atoms with Crippen molar-refractivity contribution in [2.24, 2.45) is 11.0 Å². The molecule has 0 unspecified atom stereocenters. The van der Waals surface area contributed by atoms with Crippen LogP contribution in [0.2, 0.25) is 0 Å². The van der Waals surface area contributed by atoms with Crippen LogP contribution in [0, 0.1) is 16.0 Å². The van der Waals surface area contributed by atoms with Gasteiger partial charge >= 0.3 is 0 Å². The van der Waals surface area contributed by atoms with E-state index in [1.807, 2.05) is 11.4 Å². The minimum atomic E-state index is -1.01. The van der Waals surface area contributed by atoms with E-state index >= 15 is 0 Å². The van der Waals surface area contributed by atoms with E-state index in [1.165, 1.54) is 35.6 Å². The monoisotopic (exact) mass is 391 g/mol. The molecule has 28 heavy (non-hydrogen) atoms. The first-order valence-electron chi connectivity index (χ1n) is 8.35. The Morgan fingerprint density at radius 3 is 2.14 bits per heavy atom. The van der Waals surface area contributed by atoms with Gasteiger partial charge in [0.1, 0.15) is 5.92 Å². The maximum Gasteiger partial charge on any atom is 0.269 e. The van der Waals surface area contributed by atoms with E-state index in [2.05, 4.69) is 10.5 Å². The molecule has 0 fully saturated rings. The molecule has 1 aliphatic rings. The second-order valence-electron chi connectivity index (χ2n) is 6.10. The number of nitrogens with zero attached hydrogens (tertiary/aromatic N) is 2. The predicted molar refractivity (Wildman–Crippen MR) is 106 cm³/mol. The molecule has 0 saturated carbocycles. The second kappa shape index (κ2) is 7.16. The summed E-state index contributed by atoms with van der Waals surface area (Å²) in [6.07, 6.45) is 0. The highest BCUT2D eigenvalue weighted by molar-refractivity contribution is 7.12. The second-order valence-corrected chi connectivity index (χ2v) is 7.04. The van der Waals surface area contributed by atoms with Gasteiger partial charge in [0, 0.05) is 23.3 Å². The summed E-state index contributed by atoms with van der Waals surface area (Å²) < 4.78 is 0. The average molecular weight is 391 g/mol. The number of nitro benzene ring substituents is 1. The maximum atomic E-state index is 12.9. The molecule has 1 N–H and O–H groups in total. The molecule has 0 atom stereocenters. The van der Waals surface area contributed by atoms with Gasteiger partial charge in [-0.2, -0.15) is 5.10 Å². The van der Waals surface area contributed by atoms with Crippen LogP contribution in [0.15, 0.2) is 71.1 Å². The van der Waals surface area contributed by atoms with E-state index < -0.39 is 10.8 Å². The lowest BCUT2D eigenvalue weighted by Crippen LogP contribution is -2.26. The number of Topliss-reactive ketones (excluding diaryl/α,β-unsaturated/α-hetero) is 2. The van der Waals surface area contributed by atoms with E-state index in [9.17, 15) is 19.7 Å². The zero-order chi connectivity index (χ0) is 19.7. The van der Waals surface area contributed by atoms with Gasteiger partial charge in [-0.25, -0.2) is 0 Å². The number of benzene rings is 2. The van der Waals surface area contributed by atoms with Crippen LogP contribution in [0.1, 0.15) is 25.6 Å². The van der Waals surface area contributed by atoms with Crippen LogP contribution in [-0.4, -0.2) is 22.2 Å². The Morgan fingerprint density at radius 1 is 0.964 bits per heavy atom. The number of rotatable bonds is 5. The molecular weight excluding hydrogens is 378 g/mol. The Morgan fingerprint density at radius 2 is 1.61 bits per heavy atom. The van der Waals surface area contributed by atoms with Crippen LogP contribution in [-0.2, 0) is 0 Å². The first-order chi connectivity index (χ1) is 13.6. The van der Waals surface area contributed by atoms with E-state index in [-0.39, 0.29) is 17.3 Å². The van der Waals surface area contributed by atoms with Crippen molar-refractivity contribution in [3.8, 4) is 0 Å². The number of hydrogen-bond donors (Lipinski definition) is 1. The largest absolute Gasteiger partial charge is 0.293 e. The number of anilines is 1. The molecule has 138 valence electrons. The molecule has 0 bridgehead atoms. The third-order valence-electron chi connectivity index (χ3n) is 4.41. The van der Waals surface area contributed by atoms with Crippen LogP contribution in [0.3, 0.4) is 0 Å². The highest BCUT2D eigenvalue weighted by Crippen LogP contribution is 2.31. The smallest absolute Gasteiger partial charge is 0.269 e. The average Bonchev–Trinajstić information content (AvgIpc) is 3.32. The van der Waals surface area contributed by atoms with Crippen LogP contribution in [0.25, 0.3) is 0 Å². The number of nitro groups is 1. The number of fused-ring (bicyclic) bond motifs is 1. The summed E-state index contributed by atoms with van der Waals surface area (Å²) in [5.74, 6) is -1.57. The highest BCUT2D eigenvalue weighted by atomic mass is 32.1. The first kappa shape index (κ1) is 17.7. The van der Waals surface area contributed by atoms with Crippen LogP contribution >= 0.6 is 11.3 Å². The van der Waals surface area contributed by atoms with Crippen LogP contribution < -0.4 is 5.43 Å². The van der Waals surface area contributed by atoms with E-state index in [0.717, 1.165) is 0 Å². The predicted octanol–water partition coefficient (Wildman–Crippen LogP) is 4.17. The standard InChI is InChI=1S/C20H13N3O4S/c24-19-14-4-1-2-5-15(14)20(25)17(19)18(16-6-3-11-28-16)22-21-12-7-9-13(10-8-12)23(26)27/h1-11,17,21H/b22-18-. The number of thiophene rings is 1. The number of non-ortho nitro benzene ring substituents is 1. The molecule has 1 heterocycles. The van der Waals surface area contributed by atoms with Crippen molar-refractivity contribution in [2.75, 3.05) is 5.43 Å². The fourth-order valence-electron chi connectivity index (χ4n) is 3.06. The Balaban J connectivity index is 1.69. The highest BCUT2D eigenvalue weighted by Gasteiger charge is 2.42. The molecule has 0 saturated heterocycles. The van der Waals surface area contributed by atoms with Gasteiger partial charge in [0.05, 0.1) is 21.2 Å². The summed E-state index contributed by atoms with van der Waals surface area (Å²) in [6, 6.07) is 16.1. The topological polar surface area (TPSA) is 102 Å². The molecule has 3 aromatic rings. The summed E-state index contributed by atoms with van der Waals surface area (Å²) in [5, 5.41) is 17.0. The fraction of sp³-hybridized carbons (Fsp3) is 0.0500. The van der Waals surface area contributed by atoms with Gasteiger partial charge in [-0.15, -0.1) is 11.3 Å². The molecule has 0 radical (unpaired) electrons. The van der Waals surface area contributed by atoms with Crippen molar-refractivity contribution in [1.29, 1.82) is 0 Å². The van der Waals surface area contributed by atoms with Crippen molar-refractivity contribution in [2.45, 2.75) is 0 Å². The number of carbonyl (C=O) groups is 2. The lowest BCUT2D eigenvalue weighted by Gasteiger charge is -2.11. The number of hydrazone groups is 1. The Kier molecular flexibility index (Phi) is 4.54. The van der Waals surface area contributed by atoms with E-state index in [1.54, 1.807) is 30.3 Å². The van der Waals surface area contributed by atoms with Crippen LogP contribution in [0.5, 0.6) is 0 Å². The number of ketones is 2. The van der Waals surface area contributed by atoms with Gasteiger partial charge in [0.2, 0.25) is 0 Å². The molecule has 8 heteroatoms. The normalized spacial score (nSPS) is 14.2. The molecule has 0 aliphatic heterocycles. The molecule has 1 aliphatic carbocycles. The SMILES string of the molecule is O=C1c2ccccc2C(=O)C1/C(=N\Nc1ccc([N+](=O)[O-])cc1)c1cccs1. The third kappa shape index (κ3) is 3.10. The number of hydrogen-bond acceptors (Lipinski definition) is 7. The van der Waals surface area contributed by atoms with Crippen molar-refractivity contribution in [3.63, 3.8) is 0 Å². The van der Waals surface area contributed by atoms with Gasteiger partial charge in [0.15, 0.2) is 11.6 Å². The van der Waals surface area contributed by atoms with Crippen LogP contribution in [0.4, 0.5) is 11.4 Å². The summed E-state index contributed by atoms with van der Waals surface area (Å²) in [6.45, 7) is 0. The molecule has 1 aromatic heterocycles. The zero-order valence-electron chi connectivity index (χ0n) is 14.4. The summed E-state index contributed by atoms with van der Waals surface area (Å²) in [4.78, 5) is 36.7. The third-order valence-corrected chi connectivity index (χ3v) is 5.31. The van der Waals surface area contributed by atoms with Crippen molar-refractivity contribution in [3.05, 3.63) is 92.2 Å². The summed E-state index contributed by atoms with van der Waals surface area (Å²) >= 11 is 1.38. The van der Waals surface area contributed by atoms with E-state index in [0.29, 0.717) is 27.4 Å². The Labute approximate surface area is 163 Å². The molecule has 7 nitrogen and oxygen atoms in total. The molecule has 0 spiro atoms. The van der Waals surface area contributed by atoms with Crippen molar-refractivity contribution < 1.29 is 14.5 Å². The quantitative estimate of drug-likeness (QED) is 0.304. The van der Waals surface area contributed by atoms with Gasteiger partial charge in [-0.1, -0.05) is 30.3 Å². The van der Waals surface area contributed by atoms with Gasteiger partial charge in [0.25, 0.3) is 5.69 Å². The number of carbonyl (C=O) groups excluding carboxylic acids is 2. The minimum absolute atomic E-state index is 0.0374. The Bertz CT molecular complexity index is 1070. The molecule has 4 rings (SSSR count). The first-order valence-corrected chi connectivity index (χ1v) is 9.23. The van der Waals surface area contributed by atoms with E-state index in [4.69, 9.17) is 0 Å².